The molecule has 0 spiro atoms. The van der Waals surface area contributed by atoms with Gasteiger partial charge < -0.3 is 14.3 Å². The highest BCUT2D eigenvalue weighted by Gasteiger charge is 2.04. The van der Waals surface area contributed by atoms with Crippen LogP contribution in [0.15, 0.2) is 18.2 Å². The number of aromatic nitrogens is 2. The van der Waals surface area contributed by atoms with E-state index in [4.69, 9.17) is 28.6 Å². The molecule has 1 N–H and O–H groups in total. The number of hydrogen-bond acceptors (Lipinski definition) is 2. The van der Waals surface area contributed by atoms with Crippen LogP contribution in [0, 0.1) is 4.77 Å². The first-order valence-corrected chi connectivity index (χ1v) is 5.97. The molecule has 0 saturated carbocycles. The summed E-state index contributed by atoms with van der Waals surface area (Å²) in [4.78, 5) is 3.14. The van der Waals surface area contributed by atoms with Crippen LogP contribution < -0.4 is 0 Å². The van der Waals surface area contributed by atoms with Gasteiger partial charge in [0.05, 0.1) is 17.6 Å². The molecule has 1 heterocycles. The van der Waals surface area contributed by atoms with Crippen molar-refractivity contribution in [2.75, 3.05) is 13.2 Å². The zero-order chi connectivity index (χ0) is 11.5. The largest absolute Gasteiger partial charge is 0.380 e. The molecule has 2 aromatic rings. The summed E-state index contributed by atoms with van der Waals surface area (Å²) < 4.78 is 8.04. The van der Waals surface area contributed by atoms with Crippen molar-refractivity contribution in [3.05, 3.63) is 28.0 Å². The monoisotopic (exact) mass is 256 g/mol. The second-order valence-corrected chi connectivity index (χ2v) is 4.26. The third-order valence-corrected chi connectivity index (χ3v) is 2.96. The summed E-state index contributed by atoms with van der Waals surface area (Å²) in [6, 6.07) is 5.70. The lowest BCUT2D eigenvalue weighted by atomic mass is 10.3. The molecule has 0 amide bonds. The second-order valence-electron chi connectivity index (χ2n) is 3.44. The first-order chi connectivity index (χ1) is 7.72. The van der Waals surface area contributed by atoms with Crippen molar-refractivity contribution in [2.24, 2.45) is 0 Å². The highest BCUT2D eigenvalue weighted by Crippen LogP contribution is 2.19. The van der Waals surface area contributed by atoms with Crippen LogP contribution in [0.1, 0.15) is 6.92 Å². The predicted octanol–water partition coefficient (Wildman–Crippen LogP) is 3.39. The van der Waals surface area contributed by atoms with Crippen molar-refractivity contribution in [1.82, 2.24) is 9.55 Å². The number of H-pyrrole nitrogens is 1. The number of hydrogen-bond donors (Lipinski definition) is 1. The summed E-state index contributed by atoms with van der Waals surface area (Å²) in [6.45, 7) is 4.10. The molecule has 2 rings (SSSR count). The van der Waals surface area contributed by atoms with Gasteiger partial charge in [-0.2, -0.15) is 0 Å². The number of benzene rings is 1. The van der Waals surface area contributed by atoms with Crippen molar-refractivity contribution in [3.8, 4) is 0 Å². The Bertz CT molecular complexity index is 546. The quantitative estimate of drug-likeness (QED) is 0.671. The van der Waals surface area contributed by atoms with E-state index in [0.29, 0.717) is 16.4 Å². The van der Waals surface area contributed by atoms with Crippen LogP contribution in [-0.4, -0.2) is 22.8 Å². The van der Waals surface area contributed by atoms with Gasteiger partial charge in [-0.15, -0.1) is 0 Å². The molecule has 0 atom stereocenters. The molecule has 0 aliphatic rings. The number of rotatable bonds is 4. The van der Waals surface area contributed by atoms with Gasteiger partial charge in [-0.1, -0.05) is 11.6 Å². The summed E-state index contributed by atoms with van der Waals surface area (Å²) in [5.74, 6) is 0. The zero-order valence-electron chi connectivity index (χ0n) is 9.00. The minimum atomic E-state index is 0.657. The molecular formula is C11H13ClN2OS. The fraction of sp³-hybridized carbons (Fsp3) is 0.364. The minimum Gasteiger partial charge on any atom is -0.380 e. The first kappa shape index (κ1) is 11.6. The van der Waals surface area contributed by atoms with Gasteiger partial charge in [0, 0.05) is 18.2 Å². The smallest absolute Gasteiger partial charge is 0.178 e. The third kappa shape index (κ3) is 2.29. The van der Waals surface area contributed by atoms with Gasteiger partial charge in [0.15, 0.2) is 4.77 Å². The maximum Gasteiger partial charge on any atom is 0.178 e. The Kier molecular flexibility index (Phi) is 3.63. The number of nitrogens with zero attached hydrogens (tertiary/aromatic N) is 1. The van der Waals surface area contributed by atoms with Gasteiger partial charge in [-0.05, 0) is 37.3 Å². The summed E-state index contributed by atoms with van der Waals surface area (Å²) in [7, 11) is 0. The number of aromatic amines is 1. The van der Waals surface area contributed by atoms with Crippen LogP contribution in [0.25, 0.3) is 11.0 Å². The van der Waals surface area contributed by atoms with Crippen molar-refractivity contribution >= 4 is 34.9 Å². The van der Waals surface area contributed by atoms with E-state index in [-0.39, 0.29) is 0 Å². The van der Waals surface area contributed by atoms with E-state index in [1.54, 1.807) is 0 Å². The second kappa shape index (κ2) is 4.99. The van der Waals surface area contributed by atoms with Gasteiger partial charge in [0.1, 0.15) is 0 Å². The number of imidazole rings is 1. The summed E-state index contributed by atoms with van der Waals surface area (Å²) in [5.41, 5.74) is 2.03. The topological polar surface area (TPSA) is 29.9 Å². The molecule has 0 saturated heterocycles. The average Bonchev–Trinajstić information content (AvgIpc) is 2.56. The van der Waals surface area contributed by atoms with Gasteiger partial charge >= 0.3 is 0 Å². The normalized spacial score (nSPS) is 11.1. The standard InChI is InChI=1S/C11H13ClN2OS/c1-2-15-6-5-14-10-7-8(12)3-4-9(10)13-11(14)16/h3-4,7H,2,5-6H2,1H3,(H,13,16). The van der Waals surface area contributed by atoms with E-state index in [1.165, 1.54) is 0 Å². The fourth-order valence-corrected chi connectivity index (χ4v) is 2.11. The number of halogens is 1. The number of fused-ring (bicyclic) bond motifs is 1. The molecule has 0 aliphatic carbocycles. The Morgan fingerprint density at radius 2 is 2.31 bits per heavy atom. The summed E-state index contributed by atoms with van der Waals surface area (Å²) >= 11 is 11.2. The lowest BCUT2D eigenvalue weighted by molar-refractivity contribution is 0.139. The third-order valence-electron chi connectivity index (χ3n) is 2.40. The van der Waals surface area contributed by atoms with Crippen LogP contribution in [0.5, 0.6) is 0 Å². The zero-order valence-corrected chi connectivity index (χ0v) is 10.6. The Hall–Kier alpha value is -0.840. The number of ether oxygens (including phenoxy) is 1. The van der Waals surface area contributed by atoms with E-state index >= 15 is 0 Å². The molecule has 86 valence electrons. The summed E-state index contributed by atoms with van der Waals surface area (Å²) in [6.07, 6.45) is 0. The van der Waals surface area contributed by atoms with E-state index in [1.807, 2.05) is 29.7 Å². The average molecular weight is 257 g/mol. The van der Waals surface area contributed by atoms with Gasteiger partial charge in [-0.25, -0.2) is 0 Å². The van der Waals surface area contributed by atoms with Crippen LogP contribution in [0.3, 0.4) is 0 Å². The van der Waals surface area contributed by atoms with Crippen LogP contribution in [0.2, 0.25) is 5.02 Å². The molecule has 5 heteroatoms. The van der Waals surface area contributed by atoms with Crippen molar-refractivity contribution in [3.63, 3.8) is 0 Å². The lowest BCUT2D eigenvalue weighted by Gasteiger charge is -2.04. The Morgan fingerprint density at radius 1 is 1.50 bits per heavy atom. The molecule has 0 bridgehead atoms. The molecule has 3 nitrogen and oxygen atoms in total. The first-order valence-electron chi connectivity index (χ1n) is 5.18. The van der Waals surface area contributed by atoms with E-state index in [2.05, 4.69) is 4.98 Å². The Morgan fingerprint density at radius 3 is 3.06 bits per heavy atom. The molecule has 1 aromatic carbocycles. The van der Waals surface area contributed by atoms with Gasteiger partial charge in [0.2, 0.25) is 0 Å². The van der Waals surface area contributed by atoms with Crippen LogP contribution >= 0.6 is 23.8 Å². The minimum absolute atomic E-state index is 0.657. The SMILES string of the molecule is CCOCCn1c(=S)[nH]c2ccc(Cl)cc21. The van der Waals surface area contributed by atoms with E-state index < -0.39 is 0 Å². The molecule has 0 radical (unpaired) electrons. The van der Waals surface area contributed by atoms with Crippen molar-refractivity contribution in [1.29, 1.82) is 0 Å². The lowest BCUT2D eigenvalue weighted by Crippen LogP contribution is -2.05. The fourth-order valence-electron chi connectivity index (χ4n) is 1.65. The van der Waals surface area contributed by atoms with Crippen molar-refractivity contribution in [2.45, 2.75) is 13.5 Å². The predicted molar refractivity (Wildman–Crippen MR) is 68.6 cm³/mol. The van der Waals surface area contributed by atoms with E-state index in [0.717, 1.165) is 24.2 Å². The molecular weight excluding hydrogens is 244 g/mol. The maximum atomic E-state index is 5.97. The number of nitrogens with one attached hydrogen (secondary N) is 1. The Balaban J connectivity index is 2.38. The van der Waals surface area contributed by atoms with Crippen LogP contribution in [0.4, 0.5) is 0 Å². The molecule has 0 aliphatic heterocycles. The Labute approximate surface area is 104 Å². The summed E-state index contributed by atoms with van der Waals surface area (Å²) in [5, 5.41) is 0.714. The highest BCUT2D eigenvalue weighted by molar-refractivity contribution is 7.71. The molecule has 1 aromatic heterocycles. The van der Waals surface area contributed by atoms with Crippen LogP contribution in [-0.2, 0) is 11.3 Å². The highest BCUT2D eigenvalue weighted by atomic mass is 35.5. The molecule has 0 unspecified atom stereocenters. The van der Waals surface area contributed by atoms with Crippen molar-refractivity contribution < 1.29 is 4.74 Å². The van der Waals surface area contributed by atoms with E-state index in [9.17, 15) is 0 Å². The van der Waals surface area contributed by atoms with Gasteiger partial charge in [0.25, 0.3) is 0 Å². The molecule has 16 heavy (non-hydrogen) atoms. The molecule has 0 fully saturated rings. The maximum absolute atomic E-state index is 5.97. The van der Waals surface area contributed by atoms with Gasteiger partial charge in [-0.3, -0.25) is 0 Å².